The highest BCUT2D eigenvalue weighted by molar-refractivity contribution is 9.10. The number of aliphatic hydroxyl groups excluding tert-OH is 1. The molecule has 1 unspecified atom stereocenters. The van der Waals surface area contributed by atoms with Crippen LogP contribution in [-0.2, 0) is 0 Å². The number of halogens is 1. The Hall–Kier alpha value is -3.83. The Labute approximate surface area is 224 Å². The zero-order valence-corrected chi connectivity index (χ0v) is 21.8. The molecule has 0 spiro atoms. The van der Waals surface area contributed by atoms with Gasteiger partial charge in [-0.25, -0.2) is 4.98 Å². The minimum absolute atomic E-state index is 0.111. The van der Waals surface area contributed by atoms with Gasteiger partial charge in [0.15, 0.2) is 6.61 Å². The predicted molar refractivity (Wildman–Crippen MR) is 145 cm³/mol. The molecule has 1 atom stereocenters. The molecule has 2 N–H and O–H groups in total. The second kappa shape index (κ2) is 12.9. The van der Waals surface area contributed by atoms with Crippen molar-refractivity contribution in [2.24, 2.45) is 0 Å². The normalized spacial score (nSPS) is 14.3. The number of nitriles is 1. The Morgan fingerprint density at radius 2 is 1.86 bits per heavy atom. The van der Waals surface area contributed by atoms with Crippen LogP contribution >= 0.6 is 15.9 Å². The fourth-order valence-corrected chi connectivity index (χ4v) is 4.25. The third kappa shape index (κ3) is 7.34. The number of aliphatic hydroxyl groups is 1. The zero-order valence-electron chi connectivity index (χ0n) is 20.2. The number of β-amino-alcohol motifs (C(OH)–C–C–N with tert-alkyl or cyclic N) is 1. The SMILES string of the molecule is C#CCOc1nc(Nc2ccc(OCC(O)CN3CCN(c4ccccc4C#N)CC3)cc2)ncc1Br. The minimum Gasteiger partial charge on any atom is -0.491 e. The van der Waals surface area contributed by atoms with Crippen LogP contribution in [0.5, 0.6) is 11.6 Å². The van der Waals surface area contributed by atoms with Crippen LogP contribution in [0.1, 0.15) is 5.56 Å². The molecule has 0 aliphatic carbocycles. The standard InChI is InChI=1S/C27H27BrN6O3/c1-2-15-36-26-24(28)17-30-27(32-26)31-21-7-9-23(10-8-21)37-19-22(35)18-33-11-13-34(14-12-33)25-6-4-3-5-20(25)16-29/h1,3-10,17,22,35H,11-15,18-19H2,(H,30,31,32). The monoisotopic (exact) mass is 562 g/mol. The molecule has 4 rings (SSSR count). The summed E-state index contributed by atoms with van der Waals surface area (Å²) in [5, 5.41) is 23.0. The Balaban J connectivity index is 1.21. The summed E-state index contributed by atoms with van der Waals surface area (Å²) in [5.41, 5.74) is 2.43. The number of nitrogens with one attached hydrogen (secondary N) is 1. The Morgan fingerprint density at radius 3 is 2.59 bits per heavy atom. The lowest BCUT2D eigenvalue weighted by atomic mass is 10.1. The van der Waals surface area contributed by atoms with Gasteiger partial charge in [-0.3, -0.25) is 4.90 Å². The lowest BCUT2D eigenvalue weighted by Crippen LogP contribution is -2.49. The van der Waals surface area contributed by atoms with Crippen molar-refractivity contribution >= 4 is 33.3 Å². The summed E-state index contributed by atoms with van der Waals surface area (Å²) < 4.78 is 11.8. The minimum atomic E-state index is -0.617. The Kier molecular flexibility index (Phi) is 9.17. The van der Waals surface area contributed by atoms with Gasteiger partial charge >= 0.3 is 0 Å². The summed E-state index contributed by atoms with van der Waals surface area (Å²) in [6.45, 7) is 4.06. The second-order valence-electron chi connectivity index (χ2n) is 8.37. The number of aromatic nitrogens is 2. The van der Waals surface area contributed by atoms with Crippen molar-refractivity contribution in [1.82, 2.24) is 14.9 Å². The average molecular weight is 563 g/mol. The van der Waals surface area contributed by atoms with E-state index in [2.05, 4.69) is 53.0 Å². The molecule has 3 aromatic rings. The highest BCUT2D eigenvalue weighted by Gasteiger charge is 2.21. The van der Waals surface area contributed by atoms with Gasteiger partial charge in [0.05, 0.1) is 21.9 Å². The largest absolute Gasteiger partial charge is 0.491 e. The van der Waals surface area contributed by atoms with Crippen LogP contribution < -0.4 is 19.7 Å². The van der Waals surface area contributed by atoms with E-state index in [1.165, 1.54) is 0 Å². The second-order valence-corrected chi connectivity index (χ2v) is 9.22. The van der Waals surface area contributed by atoms with Gasteiger partial charge in [-0.2, -0.15) is 10.2 Å². The van der Waals surface area contributed by atoms with E-state index in [9.17, 15) is 10.4 Å². The molecule has 2 heterocycles. The van der Waals surface area contributed by atoms with Crippen molar-refractivity contribution in [2.45, 2.75) is 6.10 Å². The summed E-state index contributed by atoms with van der Waals surface area (Å²) in [4.78, 5) is 13.0. The van der Waals surface area contributed by atoms with Gasteiger partial charge in [0.2, 0.25) is 11.8 Å². The number of benzene rings is 2. The van der Waals surface area contributed by atoms with Gasteiger partial charge in [0, 0.05) is 38.4 Å². The summed E-state index contributed by atoms with van der Waals surface area (Å²) in [7, 11) is 0. The number of anilines is 3. The van der Waals surface area contributed by atoms with Crippen LogP contribution in [0.25, 0.3) is 0 Å². The number of rotatable bonds is 10. The number of terminal acetylenes is 1. The lowest BCUT2D eigenvalue weighted by Gasteiger charge is -2.37. The first kappa shape index (κ1) is 26.2. The number of ether oxygens (including phenoxy) is 2. The maximum absolute atomic E-state index is 10.5. The molecule has 1 aromatic heterocycles. The first-order valence-electron chi connectivity index (χ1n) is 11.8. The first-order chi connectivity index (χ1) is 18.1. The van der Waals surface area contributed by atoms with Crippen LogP contribution in [0.15, 0.2) is 59.2 Å². The quantitative estimate of drug-likeness (QED) is 0.359. The molecule has 0 radical (unpaired) electrons. The van der Waals surface area contributed by atoms with Crippen LogP contribution in [-0.4, -0.2) is 72.0 Å². The van der Waals surface area contributed by atoms with Gasteiger partial charge in [-0.15, -0.1) is 6.42 Å². The molecular weight excluding hydrogens is 536 g/mol. The molecule has 37 heavy (non-hydrogen) atoms. The summed E-state index contributed by atoms with van der Waals surface area (Å²) >= 11 is 3.33. The van der Waals surface area contributed by atoms with Crippen LogP contribution in [0, 0.1) is 23.7 Å². The van der Waals surface area contributed by atoms with E-state index in [0.717, 1.165) is 37.6 Å². The number of nitrogens with zero attached hydrogens (tertiary/aromatic N) is 5. The van der Waals surface area contributed by atoms with Crippen molar-refractivity contribution in [3.8, 4) is 30.0 Å². The molecule has 0 saturated carbocycles. The van der Waals surface area contributed by atoms with E-state index in [0.29, 0.717) is 34.2 Å². The highest BCUT2D eigenvalue weighted by Crippen LogP contribution is 2.25. The topological polar surface area (TPSA) is 107 Å². The van der Waals surface area contributed by atoms with Crippen molar-refractivity contribution in [2.75, 3.05) is 56.2 Å². The van der Waals surface area contributed by atoms with E-state index in [-0.39, 0.29) is 13.2 Å². The van der Waals surface area contributed by atoms with E-state index in [4.69, 9.17) is 15.9 Å². The van der Waals surface area contributed by atoms with E-state index < -0.39 is 6.10 Å². The van der Waals surface area contributed by atoms with Gasteiger partial charge in [0.1, 0.15) is 24.5 Å². The number of para-hydroxylation sites is 1. The molecule has 1 fully saturated rings. The van der Waals surface area contributed by atoms with Gasteiger partial charge < -0.3 is 24.8 Å². The van der Waals surface area contributed by atoms with Gasteiger partial charge in [0.25, 0.3) is 0 Å². The van der Waals surface area contributed by atoms with E-state index in [1.54, 1.807) is 6.20 Å². The smallest absolute Gasteiger partial charge is 0.233 e. The fourth-order valence-electron chi connectivity index (χ4n) is 3.95. The van der Waals surface area contributed by atoms with E-state index in [1.807, 2.05) is 48.5 Å². The third-order valence-electron chi connectivity index (χ3n) is 5.76. The summed E-state index contributed by atoms with van der Waals surface area (Å²) in [6, 6.07) is 17.2. The maximum Gasteiger partial charge on any atom is 0.233 e. The first-order valence-corrected chi connectivity index (χ1v) is 12.6. The molecule has 2 aromatic carbocycles. The highest BCUT2D eigenvalue weighted by atomic mass is 79.9. The molecule has 1 saturated heterocycles. The number of hydrogen-bond donors (Lipinski definition) is 2. The van der Waals surface area contributed by atoms with Crippen molar-refractivity contribution in [1.29, 1.82) is 5.26 Å². The van der Waals surface area contributed by atoms with Crippen molar-refractivity contribution in [3.63, 3.8) is 0 Å². The van der Waals surface area contributed by atoms with Gasteiger partial charge in [-0.05, 0) is 52.3 Å². The van der Waals surface area contributed by atoms with Crippen LogP contribution in [0.4, 0.5) is 17.3 Å². The molecule has 0 amide bonds. The van der Waals surface area contributed by atoms with Crippen molar-refractivity contribution < 1.29 is 14.6 Å². The maximum atomic E-state index is 10.5. The average Bonchev–Trinajstić information content (AvgIpc) is 2.93. The number of piperazine rings is 1. The van der Waals surface area contributed by atoms with Gasteiger partial charge in [-0.1, -0.05) is 18.1 Å². The molecule has 10 heteroatoms. The summed E-state index contributed by atoms with van der Waals surface area (Å²) in [6.07, 6.45) is 6.21. The van der Waals surface area contributed by atoms with E-state index >= 15 is 0 Å². The van der Waals surface area contributed by atoms with Crippen LogP contribution in [0.2, 0.25) is 0 Å². The Morgan fingerprint density at radius 1 is 1.11 bits per heavy atom. The third-order valence-corrected chi connectivity index (χ3v) is 6.31. The molecule has 1 aliphatic heterocycles. The summed E-state index contributed by atoms with van der Waals surface area (Å²) in [5.74, 6) is 3.78. The van der Waals surface area contributed by atoms with Crippen molar-refractivity contribution in [3.05, 3.63) is 64.8 Å². The lowest BCUT2D eigenvalue weighted by molar-refractivity contribution is 0.0663. The zero-order chi connectivity index (χ0) is 26.0. The number of hydrogen-bond acceptors (Lipinski definition) is 9. The molecule has 0 bridgehead atoms. The molecule has 190 valence electrons. The molecule has 1 aliphatic rings. The molecule has 9 nitrogen and oxygen atoms in total. The Bertz CT molecular complexity index is 1270. The predicted octanol–water partition coefficient (Wildman–Crippen LogP) is 3.43. The fraction of sp³-hybridized carbons (Fsp3) is 0.296. The molecular formula is C27H27BrN6O3. The van der Waals surface area contributed by atoms with Crippen LogP contribution in [0.3, 0.4) is 0 Å².